The Bertz CT molecular complexity index is 1460. The van der Waals surface area contributed by atoms with Gasteiger partial charge < -0.3 is 49.5 Å². The molecule has 3 fully saturated rings. The Labute approximate surface area is 261 Å². The number of halogens is 3. The number of aliphatic hydroxyl groups excluding tert-OH is 3. The van der Waals surface area contributed by atoms with Crippen LogP contribution in [0.25, 0.3) is 6.08 Å². The number of aliphatic hydroxyl groups is 3. The molecular weight excluding hydrogens is 622 g/mol. The lowest BCUT2D eigenvalue weighted by Gasteiger charge is -2.41. The Morgan fingerprint density at radius 1 is 1.11 bits per heavy atom. The molecule has 45 heavy (non-hydrogen) atoms. The average molecular weight is 655 g/mol. The van der Waals surface area contributed by atoms with Crippen LogP contribution in [0.15, 0.2) is 47.1 Å². The molecule has 0 bridgehead atoms. The Hall–Kier alpha value is -3.37. The summed E-state index contributed by atoms with van der Waals surface area (Å²) >= 11 is 5.74. The zero-order valence-electron chi connectivity index (χ0n) is 24.2. The van der Waals surface area contributed by atoms with E-state index in [0.717, 1.165) is 6.07 Å². The van der Waals surface area contributed by atoms with Crippen molar-refractivity contribution in [2.45, 2.75) is 82.0 Å². The monoisotopic (exact) mass is 654 g/mol. The van der Waals surface area contributed by atoms with Crippen molar-refractivity contribution in [2.24, 2.45) is 5.16 Å². The lowest BCUT2D eigenvalue weighted by atomic mass is 9.83. The molecule has 1 amide bonds. The number of benzene rings is 2. The van der Waals surface area contributed by atoms with Crippen molar-refractivity contribution in [3.63, 3.8) is 0 Å². The third kappa shape index (κ3) is 7.38. The summed E-state index contributed by atoms with van der Waals surface area (Å²) in [5.74, 6) is -1.60. The third-order valence-electron chi connectivity index (χ3n) is 7.81. The summed E-state index contributed by atoms with van der Waals surface area (Å²) in [6.45, 7) is 2.73. The molecule has 5 rings (SSSR count). The highest BCUT2D eigenvalue weighted by molar-refractivity contribution is 6.30. The molecule has 12 nitrogen and oxygen atoms in total. The van der Waals surface area contributed by atoms with Crippen LogP contribution in [0, 0.1) is 5.82 Å². The predicted octanol–water partition coefficient (Wildman–Crippen LogP) is 2.34. The van der Waals surface area contributed by atoms with E-state index in [-0.39, 0.29) is 47.5 Å². The fraction of sp³-hybridized carbons (Fsp3) is 0.467. The van der Waals surface area contributed by atoms with Gasteiger partial charge in [-0.2, -0.15) is 0 Å². The summed E-state index contributed by atoms with van der Waals surface area (Å²) in [5, 5.41) is 48.5. The maximum Gasteiger partial charge on any atom is 0.247 e. The number of rotatable bonds is 9. The molecule has 244 valence electrons. The number of alkyl halides is 1. The van der Waals surface area contributed by atoms with Crippen molar-refractivity contribution in [1.29, 1.82) is 0 Å². The van der Waals surface area contributed by atoms with Crippen molar-refractivity contribution in [3.05, 3.63) is 63.9 Å². The average Bonchev–Trinajstić information content (AvgIpc) is 3.64. The first-order valence-corrected chi connectivity index (χ1v) is 14.5. The highest BCUT2D eigenvalue weighted by Crippen LogP contribution is 2.34. The predicted molar refractivity (Wildman–Crippen MR) is 154 cm³/mol. The number of phenols is 1. The molecule has 0 aromatic heterocycles. The third-order valence-corrected chi connectivity index (χ3v) is 8.05. The summed E-state index contributed by atoms with van der Waals surface area (Å²) < 4.78 is 50.4. The van der Waals surface area contributed by atoms with Gasteiger partial charge >= 0.3 is 0 Å². The van der Waals surface area contributed by atoms with Crippen LogP contribution in [0.1, 0.15) is 31.4 Å². The van der Waals surface area contributed by atoms with Gasteiger partial charge in [-0.25, -0.2) is 8.78 Å². The van der Waals surface area contributed by atoms with Crippen LogP contribution < -0.4 is 10.1 Å². The summed E-state index contributed by atoms with van der Waals surface area (Å²) in [6.07, 6.45) is -8.39. The summed E-state index contributed by atoms with van der Waals surface area (Å²) in [6, 6.07) is 7.11. The van der Waals surface area contributed by atoms with Crippen molar-refractivity contribution in [1.82, 2.24) is 5.32 Å². The molecule has 2 aromatic rings. The van der Waals surface area contributed by atoms with E-state index in [1.54, 1.807) is 6.92 Å². The first kappa shape index (κ1) is 33.0. The second-order valence-electron chi connectivity index (χ2n) is 11.0. The fourth-order valence-electron chi connectivity index (χ4n) is 5.28. The minimum Gasteiger partial charge on any atom is -0.504 e. The van der Waals surface area contributed by atoms with Crippen molar-refractivity contribution in [3.8, 4) is 11.5 Å². The number of nitrogens with zero attached hydrogens (tertiary/aromatic N) is 1. The topological polar surface area (TPSA) is 169 Å². The molecule has 0 spiro atoms. The largest absolute Gasteiger partial charge is 0.504 e. The molecule has 2 aliphatic heterocycles. The summed E-state index contributed by atoms with van der Waals surface area (Å²) in [5.41, 5.74) is 1.10. The maximum atomic E-state index is 14.8. The highest BCUT2D eigenvalue weighted by Gasteiger charge is 2.53. The zero-order chi connectivity index (χ0) is 32.4. The number of phenolic OH excluding ortho intramolecular Hbond substituents is 1. The van der Waals surface area contributed by atoms with Crippen LogP contribution in [0.2, 0.25) is 5.02 Å². The standard InChI is InChI=1S/C30H33ClF2N2O10/c1-13(29(40)34-23-24(37)26(39)28-27(25(23)38)41-12-42-28)7-15-3-6-21(20(36)8-15)44-30-19(33)10-22(45-30)14(2)35-43-11-16-4-5-17(31)9-18(16)32/h3-9,19,22-28,30,36-39H,10-12H2,1-2H3,(H,34,40)/b13-7+,35-14+/t19-,22+,23-,24+,25-,26-,27+,28-,30-/m1/s1. The molecular formula is C30H33ClF2N2O10. The van der Waals surface area contributed by atoms with E-state index < -0.39 is 66.9 Å². The van der Waals surface area contributed by atoms with Crippen molar-refractivity contribution < 1.29 is 57.8 Å². The van der Waals surface area contributed by atoms with Gasteiger partial charge in [0.25, 0.3) is 0 Å². The minimum absolute atomic E-state index is 0.0672. The zero-order valence-corrected chi connectivity index (χ0v) is 24.9. The van der Waals surface area contributed by atoms with Crippen LogP contribution in [0.5, 0.6) is 11.5 Å². The van der Waals surface area contributed by atoms with Gasteiger partial charge in [-0.1, -0.05) is 28.9 Å². The molecule has 2 saturated heterocycles. The highest BCUT2D eigenvalue weighted by atomic mass is 35.5. The van der Waals surface area contributed by atoms with Gasteiger partial charge in [-0.05, 0) is 49.8 Å². The van der Waals surface area contributed by atoms with Crippen LogP contribution in [-0.2, 0) is 30.4 Å². The van der Waals surface area contributed by atoms with Gasteiger partial charge in [0.1, 0.15) is 55.8 Å². The van der Waals surface area contributed by atoms with Gasteiger partial charge in [0.15, 0.2) is 17.7 Å². The Balaban J connectivity index is 1.16. The number of hydrogen-bond acceptors (Lipinski definition) is 11. The number of oxime groups is 1. The van der Waals surface area contributed by atoms with Crippen LogP contribution in [0.4, 0.5) is 8.78 Å². The van der Waals surface area contributed by atoms with E-state index in [0.29, 0.717) is 11.3 Å². The molecule has 5 N–H and O–H groups in total. The van der Waals surface area contributed by atoms with E-state index in [1.807, 2.05) is 0 Å². The van der Waals surface area contributed by atoms with Gasteiger partial charge in [0.2, 0.25) is 12.2 Å². The van der Waals surface area contributed by atoms with Crippen molar-refractivity contribution >= 4 is 29.3 Å². The Morgan fingerprint density at radius 2 is 1.84 bits per heavy atom. The Morgan fingerprint density at radius 3 is 2.56 bits per heavy atom. The molecule has 3 aliphatic rings. The quantitative estimate of drug-likeness (QED) is 0.154. The molecule has 0 radical (unpaired) electrons. The lowest BCUT2D eigenvalue weighted by molar-refractivity contribution is -0.155. The number of fused-ring (bicyclic) bond motifs is 1. The molecule has 1 saturated carbocycles. The molecule has 1 aliphatic carbocycles. The first-order chi connectivity index (χ1) is 21.4. The van der Waals surface area contributed by atoms with Crippen molar-refractivity contribution in [2.75, 3.05) is 6.79 Å². The number of ether oxygens (including phenoxy) is 4. The molecule has 0 unspecified atom stereocenters. The van der Waals surface area contributed by atoms with Gasteiger partial charge in [0.05, 0.1) is 11.8 Å². The second-order valence-corrected chi connectivity index (χ2v) is 11.4. The number of nitrogens with one attached hydrogen (secondary N) is 1. The van der Waals surface area contributed by atoms with Crippen LogP contribution >= 0.6 is 11.6 Å². The van der Waals surface area contributed by atoms with Crippen LogP contribution in [0.3, 0.4) is 0 Å². The summed E-state index contributed by atoms with van der Waals surface area (Å²) in [4.78, 5) is 18.0. The number of aromatic hydroxyl groups is 1. The molecule has 9 atom stereocenters. The van der Waals surface area contributed by atoms with Gasteiger partial charge in [-0.3, -0.25) is 4.79 Å². The SMILES string of the molecule is C/C(=C\c1ccc(O[C@@H]2O[C@H](/C(C)=N/OCc3ccc(Cl)cc3F)C[C@H]2F)c(O)c1)C(=O)N[C@@H]1[C@H](O)[C@@H](O)[C@H]2OCO[C@H]2[C@@H]1O. The number of carbonyl (C=O) groups is 1. The van der Waals surface area contributed by atoms with Crippen LogP contribution in [-0.4, -0.2) is 94.0 Å². The number of hydrogen-bond donors (Lipinski definition) is 5. The fourth-order valence-corrected chi connectivity index (χ4v) is 5.43. The Kier molecular flexibility index (Phi) is 10.2. The molecule has 15 heteroatoms. The molecule has 2 heterocycles. The van der Waals surface area contributed by atoms with E-state index >= 15 is 0 Å². The van der Waals surface area contributed by atoms with E-state index in [9.17, 15) is 34.0 Å². The smallest absolute Gasteiger partial charge is 0.247 e. The van der Waals surface area contributed by atoms with E-state index in [4.69, 9.17) is 35.4 Å². The first-order valence-electron chi connectivity index (χ1n) is 14.1. The summed E-state index contributed by atoms with van der Waals surface area (Å²) in [7, 11) is 0. The molecule has 2 aromatic carbocycles. The maximum absolute atomic E-state index is 14.8. The number of carbonyl (C=O) groups excluding carboxylic acids is 1. The van der Waals surface area contributed by atoms with E-state index in [2.05, 4.69) is 10.5 Å². The number of amides is 1. The normalized spacial score (nSPS) is 31.9. The minimum atomic E-state index is -1.56. The van der Waals surface area contributed by atoms with E-state index in [1.165, 1.54) is 43.3 Å². The lowest BCUT2D eigenvalue weighted by Crippen LogP contribution is -2.67. The second kappa shape index (κ2) is 14.0. The van der Waals surface area contributed by atoms with Gasteiger partial charge in [0, 0.05) is 22.6 Å². The van der Waals surface area contributed by atoms with Gasteiger partial charge in [-0.15, -0.1) is 0 Å².